The summed E-state index contributed by atoms with van der Waals surface area (Å²) in [4.78, 5) is 19.1. The summed E-state index contributed by atoms with van der Waals surface area (Å²) < 4.78 is 11.8. The van der Waals surface area contributed by atoms with E-state index in [1.807, 2.05) is 0 Å². The van der Waals surface area contributed by atoms with Gasteiger partial charge >= 0.3 is 5.97 Å². The van der Waals surface area contributed by atoms with Crippen molar-refractivity contribution in [3.8, 4) is 0 Å². The van der Waals surface area contributed by atoms with Crippen LogP contribution in [0.2, 0.25) is 0 Å². The first-order valence-corrected chi connectivity index (χ1v) is 6.12. The molecule has 0 aliphatic heterocycles. The van der Waals surface area contributed by atoms with Crippen molar-refractivity contribution in [1.29, 1.82) is 0 Å². The molecule has 0 amide bonds. The van der Waals surface area contributed by atoms with Gasteiger partial charge in [-0.25, -0.2) is 9.97 Å². The number of thiazole rings is 1. The van der Waals surface area contributed by atoms with Crippen LogP contribution >= 0.6 is 11.3 Å². The molecule has 15 heavy (non-hydrogen) atoms. The predicted molar refractivity (Wildman–Crippen MR) is 56.3 cm³/mol. The van der Waals surface area contributed by atoms with Gasteiger partial charge in [-0.2, -0.15) is 0 Å². The summed E-state index contributed by atoms with van der Waals surface area (Å²) in [6.45, 7) is 0. The smallest absolute Gasteiger partial charge is 0.316 e. The molecule has 2 aromatic heterocycles. The summed E-state index contributed by atoms with van der Waals surface area (Å²) in [6.07, 6.45) is 1.62. The van der Waals surface area contributed by atoms with E-state index in [0.717, 1.165) is 11.3 Å². The molecule has 1 unspecified atom stereocenters. The highest BCUT2D eigenvalue weighted by Gasteiger charge is 2.14. The molecule has 0 saturated heterocycles. The lowest BCUT2D eigenvalue weighted by atomic mass is 10.5. The van der Waals surface area contributed by atoms with Gasteiger partial charge in [0.15, 0.2) is 4.34 Å². The Bertz CT molecular complexity index is 504. The lowest BCUT2D eigenvalue weighted by molar-refractivity contribution is -0.133. The summed E-state index contributed by atoms with van der Waals surface area (Å²) in [5.41, 5.74) is 0.649. The summed E-state index contributed by atoms with van der Waals surface area (Å²) in [5.74, 6) is -1.51. The number of rotatable bonds is 3. The summed E-state index contributed by atoms with van der Waals surface area (Å²) >= 11 is 1.16. The van der Waals surface area contributed by atoms with Gasteiger partial charge < -0.3 is 5.11 Å². The maximum atomic E-state index is 11.5. The van der Waals surface area contributed by atoms with Crippen LogP contribution in [0, 0.1) is 0 Å². The van der Waals surface area contributed by atoms with Gasteiger partial charge in [-0.1, -0.05) is 11.3 Å². The van der Waals surface area contributed by atoms with Crippen molar-refractivity contribution in [2.24, 2.45) is 0 Å². The molecule has 2 aromatic rings. The van der Waals surface area contributed by atoms with Crippen LogP contribution in [0.3, 0.4) is 0 Å². The number of pyridine rings is 1. The highest BCUT2D eigenvalue weighted by Crippen LogP contribution is 2.21. The molecule has 1 N–H and O–H groups in total. The predicted octanol–water partition coefficient (Wildman–Crippen LogP) is 0.884. The fourth-order valence-corrected chi connectivity index (χ4v) is 3.00. The first-order chi connectivity index (χ1) is 7.16. The molecule has 0 aromatic carbocycles. The van der Waals surface area contributed by atoms with E-state index < -0.39 is 22.5 Å². The van der Waals surface area contributed by atoms with E-state index >= 15 is 0 Å². The minimum absolute atomic E-state index is 0.311. The molecule has 0 spiro atoms. The molecule has 2 rings (SSSR count). The second-order valence-corrected chi connectivity index (χ2v) is 5.29. The average Bonchev–Trinajstić information content (AvgIpc) is 2.59. The fraction of sp³-hybridized carbons (Fsp3) is 0.125. The van der Waals surface area contributed by atoms with Crippen molar-refractivity contribution in [1.82, 2.24) is 9.97 Å². The van der Waals surface area contributed by atoms with Crippen LogP contribution in [0.25, 0.3) is 10.3 Å². The molecule has 0 aliphatic carbocycles. The Labute approximate surface area is 91.3 Å². The van der Waals surface area contributed by atoms with E-state index in [1.165, 1.54) is 0 Å². The first kappa shape index (κ1) is 10.2. The van der Waals surface area contributed by atoms with Gasteiger partial charge in [0.25, 0.3) is 0 Å². The number of carbonyl (C=O) groups is 1. The largest absolute Gasteiger partial charge is 0.481 e. The molecule has 0 radical (unpaired) electrons. The summed E-state index contributed by atoms with van der Waals surface area (Å²) in [6, 6.07) is 3.48. The third kappa shape index (κ3) is 2.18. The molecule has 78 valence electrons. The highest BCUT2D eigenvalue weighted by atomic mass is 32.2. The van der Waals surface area contributed by atoms with Gasteiger partial charge in [-0.05, 0) is 12.1 Å². The standard InChI is InChI=1S/C8H6N2O3S2/c11-6(12)4-15(13)8-10-5-2-1-3-9-7(5)14-8/h1-3H,4H2,(H,11,12). The summed E-state index contributed by atoms with van der Waals surface area (Å²) in [5, 5.41) is 8.49. The number of fused-ring (bicyclic) bond motifs is 1. The van der Waals surface area contributed by atoms with Crippen molar-refractivity contribution in [3.05, 3.63) is 18.3 Å². The Kier molecular flexibility index (Phi) is 2.74. The zero-order chi connectivity index (χ0) is 10.8. The monoisotopic (exact) mass is 242 g/mol. The molecular formula is C8H6N2O3S2. The Balaban J connectivity index is 2.36. The third-order valence-corrected chi connectivity index (χ3v) is 4.17. The molecular weight excluding hydrogens is 236 g/mol. The van der Waals surface area contributed by atoms with Crippen LogP contribution in [0.5, 0.6) is 0 Å². The van der Waals surface area contributed by atoms with Gasteiger partial charge in [0, 0.05) is 6.20 Å². The molecule has 5 nitrogen and oxygen atoms in total. The van der Waals surface area contributed by atoms with E-state index in [-0.39, 0.29) is 0 Å². The van der Waals surface area contributed by atoms with Gasteiger partial charge in [0.1, 0.15) is 16.1 Å². The molecule has 0 fully saturated rings. The Morgan fingerprint density at radius 2 is 2.40 bits per heavy atom. The van der Waals surface area contributed by atoms with Crippen LogP contribution in [0.4, 0.5) is 0 Å². The van der Waals surface area contributed by atoms with Crippen LogP contribution in [0.1, 0.15) is 0 Å². The van der Waals surface area contributed by atoms with Gasteiger partial charge in [-0.3, -0.25) is 9.00 Å². The van der Waals surface area contributed by atoms with Crippen molar-refractivity contribution >= 4 is 38.5 Å². The topological polar surface area (TPSA) is 80.1 Å². The van der Waals surface area contributed by atoms with Gasteiger partial charge in [0.05, 0.1) is 10.8 Å². The van der Waals surface area contributed by atoms with Crippen LogP contribution < -0.4 is 0 Å². The molecule has 1 atom stereocenters. The van der Waals surface area contributed by atoms with Crippen molar-refractivity contribution < 1.29 is 14.1 Å². The Morgan fingerprint density at radius 3 is 3.07 bits per heavy atom. The lowest BCUT2D eigenvalue weighted by Crippen LogP contribution is -2.08. The number of carboxylic acids is 1. The maximum absolute atomic E-state index is 11.5. The van der Waals surface area contributed by atoms with Crippen LogP contribution in [0.15, 0.2) is 22.7 Å². The minimum Gasteiger partial charge on any atom is -0.481 e. The molecule has 0 aliphatic rings. The van der Waals surface area contributed by atoms with Crippen molar-refractivity contribution in [3.63, 3.8) is 0 Å². The first-order valence-electron chi connectivity index (χ1n) is 3.98. The van der Waals surface area contributed by atoms with E-state index in [4.69, 9.17) is 5.11 Å². The average molecular weight is 242 g/mol. The quantitative estimate of drug-likeness (QED) is 0.864. The normalized spacial score (nSPS) is 12.8. The lowest BCUT2D eigenvalue weighted by Gasteiger charge is -1.90. The maximum Gasteiger partial charge on any atom is 0.316 e. The molecule has 7 heteroatoms. The molecule has 0 saturated carbocycles. The highest BCUT2D eigenvalue weighted by molar-refractivity contribution is 7.88. The van der Waals surface area contributed by atoms with Gasteiger partial charge in [-0.15, -0.1) is 0 Å². The Hall–Kier alpha value is -1.34. The van der Waals surface area contributed by atoms with Crippen molar-refractivity contribution in [2.75, 3.05) is 5.75 Å². The van der Waals surface area contributed by atoms with E-state index in [9.17, 15) is 9.00 Å². The second-order valence-electron chi connectivity index (χ2n) is 2.69. The summed E-state index contributed by atoms with van der Waals surface area (Å²) in [7, 11) is -1.58. The van der Waals surface area contributed by atoms with E-state index in [2.05, 4.69) is 9.97 Å². The van der Waals surface area contributed by atoms with Crippen LogP contribution in [-0.2, 0) is 15.6 Å². The number of aliphatic carboxylic acids is 1. The number of hydrogen-bond donors (Lipinski definition) is 1. The van der Waals surface area contributed by atoms with E-state index in [1.54, 1.807) is 18.3 Å². The number of aromatic nitrogens is 2. The zero-order valence-corrected chi connectivity index (χ0v) is 9.05. The molecule has 2 heterocycles. The second kappa shape index (κ2) is 4.03. The van der Waals surface area contributed by atoms with E-state index in [0.29, 0.717) is 14.7 Å². The SMILES string of the molecule is O=C(O)CS(=O)c1nc2cccnc2s1. The zero-order valence-electron chi connectivity index (χ0n) is 7.41. The van der Waals surface area contributed by atoms with Gasteiger partial charge in [0.2, 0.25) is 0 Å². The van der Waals surface area contributed by atoms with Crippen LogP contribution in [-0.4, -0.2) is 31.0 Å². The number of hydrogen-bond acceptors (Lipinski definition) is 5. The number of nitrogens with zero attached hydrogens (tertiary/aromatic N) is 2. The fourth-order valence-electron chi connectivity index (χ4n) is 1.02. The minimum atomic E-state index is -1.58. The Morgan fingerprint density at radius 1 is 1.60 bits per heavy atom. The number of carboxylic acid groups (broad SMARTS) is 1. The molecule has 0 bridgehead atoms. The van der Waals surface area contributed by atoms with Crippen molar-refractivity contribution in [2.45, 2.75) is 4.34 Å². The third-order valence-electron chi connectivity index (χ3n) is 1.60.